The van der Waals surface area contributed by atoms with Gasteiger partial charge in [0.2, 0.25) is 5.43 Å². The van der Waals surface area contributed by atoms with Crippen LogP contribution in [-0.2, 0) is 6.54 Å². The molecule has 1 N–H and O–H groups in total. The Balaban J connectivity index is 0.00000464. The summed E-state index contributed by atoms with van der Waals surface area (Å²) < 4.78 is 46.9. The van der Waals surface area contributed by atoms with Crippen LogP contribution in [0.15, 0.2) is 89.9 Å². The molecule has 9 nitrogen and oxygen atoms in total. The predicted octanol–water partition coefficient (Wildman–Crippen LogP) is 3.31. The van der Waals surface area contributed by atoms with Gasteiger partial charge < -0.3 is 41.0 Å². The average Bonchev–Trinajstić information content (AvgIpc) is 3.14. The van der Waals surface area contributed by atoms with Gasteiger partial charge in [-0.05, 0) is 48.9 Å². The normalized spacial score (nSPS) is 18.4. The van der Waals surface area contributed by atoms with E-state index in [4.69, 9.17) is 14.2 Å². The summed E-state index contributed by atoms with van der Waals surface area (Å²) in [6.07, 6.45) is 0.773. The fourth-order valence-corrected chi connectivity index (χ4v) is 7.32. The Labute approximate surface area is 307 Å². The molecule has 0 radical (unpaired) electrons. The minimum atomic E-state index is -0.818. The standard InChI is InChI=1S/C40H40F2N4O5.ClH/c1-4-45(31-20-29(41)19-30(42)21-31)40(48)36-24-43-37-23-32(9-10-35(37)38(36)47)51-39(28-17-33(49-2)22-34(18-28)50-3)27-7-5-26(6-8-27)25-46-14-11-44(12-15-46)13-16-46;/h5-10,17-24,39H,4,11-16,25H2,1-3H3;1H. The number of carbonyl (C=O) groups is 1. The summed E-state index contributed by atoms with van der Waals surface area (Å²) in [5.74, 6) is -0.576. The van der Waals surface area contributed by atoms with Gasteiger partial charge in [0.15, 0.2) is 0 Å². The minimum Gasteiger partial charge on any atom is -1.00 e. The number of halogens is 3. The van der Waals surface area contributed by atoms with Crippen molar-refractivity contribution in [1.29, 1.82) is 0 Å². The van der Waals surface area contributed by atoms with Crippen LogP contribution in [-0.4, -0.2) is 80.3 Å². The van der Waals surface area contributed by atoms with E-state index >= 15 is 0 Å². The zero-order valence-electron chi connectivity index (χ0n) is 29.3. The van der Waals surface area contributed by atoms with E-state index in [1.165, 1.54) is 31.4 Å². The Morgan fingerprint density at radius 1 is 0.846 bits per heavy atom. The maximum atomic E-state index is 14.0. The molecule has 0 saturated carbocycles. The Kier molecular flexibility index (Phi) is 10.9. The van der Waals surface area contributed by atoms with E-state index in [2.05, 4.69) is 34.1 Å². The number of H-pyrrole nitrogens is 1. The number of ether oxygens (including phenoxy) is 3. The number of aromatic amines is 1. The van der Waals surface area contributed by atoms with Crippen molar-refractivity contribution in [2.24, 2.45) is 0 Å². The van der Waals surface area contributed by atoms with Crippen molar-refractivity contribution in [1.82, 2.24) is 9.88 Å². The van der Waals surface area contributed by atoms with Crippen LogP contribution in [0.25, 0.3) is 10.9 Å². The number of nitrogens with one attached hydrogen (secondary N) is 1. The van der Waals surface area contributed by atoms with Gasteiger partial charge in [-0.2, -0.15) is 0 Å². The number of rotatable bonds is 11. The molecule has 8 rings (SSSR count). The smallest absolute Gasteiger partial charge is 0.263 e. The lowest BCUT2D eigenvalue weighted by atomic mass is 9.98. The fraction of sp³-hybridized carbons (Fsp3) is 0.300. The molecule has 4 heterocycles. The number of amides is 1. The lowest BCUT2D eigenvalue weighted by molar-refractivity contribution is -0.953. The Morgan fingerprint density at radius 3 is 2.08 bits per heavy atom. The van der Waals surface area contributed by atoms with Crippen LogP contribution < -0.4 is 36.9 Å². The van der Waals surface area contributed by atoms with Crippen molar-refractivity contribution in [3.05, 3.63) is 129 Å². The second-order valence-electron chi connectivity index (χ2n) is 13.3. The number of aromatic nitrogens is 1. The van der Waals surface area contributed by atoms with Crippen LogP contribution in [0, 0.1) is 11.6 Å². The molecule has 1 atom stereocenters. The summed E-state index contributed by atoms with van der Waals surface area (Å²) in [5, 5.41) is 0.268. The summed E-state index contributed by atoms with van der Waals surface area (Å²) >= 11 is 0. The highest BCUT2D eigenvalue weighted by Gasteiger charge is 2.38. The van der Waals surface area contributed by atoms with E-state index in [-0.39, 0.29) is 35.6 Å². The molecule has 1 unspecified atom stereocenters. The first kappa shape index (κ1) is 36.8. The Morgan fingerprint density at radius 2 is 1.48 bits per heavy atom. The van der Waals surface area contributed by atoms with Gasteiger partial charge in [-0.15, -0.1) is 0 Å². The number of nitrogens with zero attached hydrogens (tertiary/aromatic N) is 3. The van der Waals surface area contributed by atoms with Crippen LogP contribution in [0.4, 0.5) is 14.5 Å². The number of fused-ring (bicyclic) bond motifs is 4. The van der Waals surface area contributed by atoms with Gasteiger partial charge in [-0.3, -0.25) is 14.5 Å². The second-order valence-corrected chi connectivity index (χ2v) is 13.3. The largest absolute Gasteiger partial charge is 1.00 e. The summed E-state index contributed by atoms with van der Waals surface area (Å²) in [4.78, 5) is 33.9. The van der Waals surface area contributed by atoms with Crippen molar-refractivity contribution in [3.63, 3.8) is 0 Å². The monoisotopic (exact) mass is 730 g/mol. The third-order valence-corrected chi connectivity index (χ3v) is 10.2. The van der Waals surface area contributed by atoms with Crippen LogP contribution in [0.5, 0.6) is 17.2 Å². The molecular weight excluding hydrogens is 690 g/mol. The fourth-order valence-electron chi connectivity index (χ4n) is 7.32. The van der Waals surface area contributed by atoms with Gasteiger partial charge in [0.1, 0.15) is 47.1 Å². The van der Waals surface area contributed by atoms with Gasteiger partial charge in [0, 0.05) is 72.8 Å². The van der Waals surface area contributed by atoms with Crippen molar-refractivity contribution < 1.29 is 44.7 Å². The van der Waals surface area contributed by atoms with E-state index in [1.54, 1.807) is 45.4 Å². The molecule has 3 aliphatic heterocycles. The van der Waals surface area contributed by atoms with E-state index in [0.717, 1.165) is 64.9 Å². The molecule has 272 valence electrons. The van der Waals surface area contributed by atoms with Gasteiger partial charge in [0.25, 0.3) is 5.91 Å². The summed E-state index contributed by atoms with van der Waals surface area (Å²) in [5.41, 5.74) is 2.85. The average molecular weight is 731 g/mol. The molecule has 5 aromatic rings. The number of methoxy groups -OCH3 is 2. The molecule has 3 saturated heterocycles. The molecule has 12 heteroatoms. The van der Waals surface area contributed by atoms with E-state index in [9.17, 15) is 18.4 Å². The van der Waals surface area contributed by atoms with Gasteiger partial charge in [-0.25, -0.2) is 8.78 Å². The van der Waals surface area contributed by atoms with E-state index < -0.39 is 29.1 Å². The topological polar surface area (TPSA) is 84.1 Å². The molecule has 3 aliphatic rings. The predicted molar refractivity (Wildman–Crippen MR) is 192 cm³/mol. The number of hydrogen-bond acceptors (Lipinski definition) is 6. The van der Waals surface area contributed by atoms with Crippen LogP contribution in [0.3, 0.4) is 0 Å². The summed E-state index contributed by atoms with van der Waals surface area (Å²) in [6.45, 7) is 9.79. The maximum Gasteiger partial charge on any atom is 0.263 e. The quantitative estimate of drug-likeness (QED) is 0.210. The van der Waals surface area contributed by atoms with Gasteiger partial charge >= 0.3 is 0 Å². The molecule has 1 amide bonds. The molecule has 52 heavy (non-hydrogen) atoms. The number of quaternary nitrogens is 1. The summed E-state index contributed by atoms with van der Waals surface area (Å²) in [6, 6.07) is 22.1. The molecule has 3 fully saturated rings. The number of pyridine rings is 1. The molecule has 0 aliphatic carbocycles. The van der Waals surface area contributed by atoms with Crippen molar-refractivity contribution in [3.8, 4) is 17.2 Å². The third kappa shape index (κ3) is 7.48. The molecule has 2 bridgehead atoms. The third-order valence-electron chi connectivity index (χ3n) is 10.2. The lowest BCUT2D eigenvalue weighted by Gasteiger charge is -2.50. The van der Waals surface area contributed by atoms with Crippen molar-refractivity contribution >= 4 is 22.5 Å². The minimum absolute atomic E-state index is 0. The number of piperazine rings is 3. The number of anilines is 1. The summed E-state index contributed by atoms with van der Waals surface area (Å²) in [7, 11) is 3.21. The first-order valence-electron chi connectivity index (χ1n) is 17.2. The number of hydrogen-bond donors (Lipinski definition) is 1. The molecule has 0 spiro atoms. The van der Waals surface area contributed by atoms with Crippen LogP contribution >= 0.6 is 0 Å². The first-order chi connectivity index (χ1) is 24.7. The molecule has 4 aromatic carbocycles. The van der Waals surface area contributed by atoms with Crippen LogP contribution in [0.2, 0.25) is 0 Å². The maximum absolute atomic E-state index is 14.0. The van der Waals surface area contributed by atoms with E-state index in [1.807, 2.05) is 12.1 Å². The first-order valence-corrected chi connectivity index (χ1v) is 17.2. The second kappa shape index (κ2) is 15.3. The van der Waals surface area contributed by atoms with E-state index in [0.29, 0.717) is 22.8 Å². The highest BCUT2D eigenvalue weighted by molar-refractivity contribution is 6.07. The van der Waals surface area contributed by atoms with Gasteiger partial charge in [0.05, 0.1) is 39.4 Å². The van der Waals surface area contributed by atoms with Gasteiger partial charge in [-0.1, -0.05) is 24.3 Å². The molecular formula is C40H41ClF2N4O5. The SMILES string of the molecule is CCN(C(=O)c1c[nH]c2cc(OC(c3ccc(C[N+]45CCN(CC4)CC5)cc3)c3cc(OC)cc(OC)c3)ccc2c1=O)c1cc(F)cc(F)c1.[Cl-]. The Hall–Kier alpha value is -4.97. The number of carbonyl (C=O) groups excluding carboxylic acids is 1. The lowest BCUT2D eigenvalue weighted by Crippen LogP contribution is -3.00. The van der Waals surface area contributed by atoms with Crippen molar-refractivity contribution in [2.45, 2.75) is 19.6 Å². The highest BCUT2D eigenvalue weighted by atomic mass is 35.5. The zero-order valence-corrected chi connectivity index (χ0v) is 30.1. The van der Waals surface area contributed by atoms with Crippen molar-refractivity contribution in [2.75, 3.05) is 64.9 Å². The molecule has 1 aromatic heterocycles. The number of benzene rings is 4. The van der Waals surface area contributed by atoms with Crippen LogP contribution in [0.1, 0.15) is 40.1 Å². The zero-order chi connectivity index (χ0) is 35.7. The highest BCUT2D eigenvalue weighted by Crippen LogP contribution is 2.35. The Bertz CT molecular complexity index is 2080.